The Labute approximate surface area is 57.5 Å². The van der Waals surface area contributed by atoms with Crippen molar-refractivity contribution in [1.29, 1.82) is 0 Å². The Balaban J connectivity index is 3.30. The number of isocyanates is 1. The normalized spacial score (nSPS) is 9.11. The molecule has 2 nitrogen and oxygen atoms in total. The number of hydrogen-bond donors (Lipinski definition) is 0. The van der Waals surface area contributed by atoms with E-state index in [1.165, 1.54) is 11.7 Å². The molecule has 0 unspecified atom stereocenters. The third-order valence-electron chi connectivity index (χ3n) is 0.858. The Morgan fingerprint density at radius 3 is 2.89 bits per heavy atom. The van der Waals surface area contributed by atoms with Crippen LogP contribution < -0.4 is 0 Å². The van der Waals surface area contributed by atoms with Crippen molar-refractivity contribution < 1.29 is 4.79 Å². The maximum atomic E-state index is 9.56. The largest absolute Gasteiger partial charge is 0.234 e. The Bertz CT molecular complexity index is 143. The quantitative estimate of drug-likeness (QED) is 0.242. The molecule has 0 rings (SSSR count). The third-order valence-corrected chi connectivity index (χ3v) is 2.45. The summed E-state index contributed by atoms with van der Waals surface area (Å²) in [5, 5.41) is 0. The zero-order chi connectivity index (χ0) is 7.11. The van der Waals surface area contributed by atoms with Crippen molar-refractivity contribution in [2.75, 3.05) is 6.17 Å². The molecule has 0 aromatic rings. The molecule has 0 saturated carbocycles. The molecule has 9 heavy (non-hydrogen) atoms. The Hall–Kier alpha value is -0.663. The molecular formula is C6H11NOSi. The molecule has 0 heterocycles. The molecule has 50 valence electrons. The van der Waals surface area contributed by atoms with Gasteiger partial charge in [-0.3, -0.25) is 0 Å². The van der Waals surface area contributed by atoms with Gasteiger partial charge in [-0.15, -0.1) is 5.70 Å². The van der Waals surface area contributed by atoms with E-state index in [0.29, 0.717) is 6.17 Å². The summed E-state index contributed by atoms with van der Waals surface area (Å²) in [5.41, 5.74) is 3.50. The van der Waals surface area contributed by atoms with Gasteiger partial charge in [0, 0.05) is 6.17 Å². The van der Waals surface area contributed by atoms with E-state index >= 15 is 0 Å². The van der Waals surface area contributed by atoms with Crippen molar-refractivity contribution in [3.05, 3.63) is 11.3 Å². The van der Waals surface area contributed by atoms with Gasteiger partial charge in [0.15, 0.2) is 0 Å². The molecule has 0 saturated heterocycles. The summed E-state index contributed by atoms with van der Waals surface area (Å²) in [7, 11) is -0.238. The van der Waals surface area contributed by atoms with Gasteiger partial charge in [-0.25, -0.2) is 9.79 Å². The van der Waals surface area contributed by atoms with E-state index in [1.807, 2.05) is 0 Å². The van der Waals surface area contributed by atoms with Crippen LogP contribution in [-0.2, 0) is 4.79 Å². The van der Waals surface area contributed by atoms with Gasteiger partial charge < -0.3 is 0 Å². The molecule has 0 aliphatic rings. The zero-order valence-electron chi connectivity index (χ0n) is 5.85. The monoisotopic (exact) mass is 141 g/mol. The summed E-state index contributed by atoms with van der Waals surface area (Å²) >= 11 is 0. The molecule has 0 aromatic heterocycles. The summed E-state index contributed by atoms with van der Waals surface area (Å²) in [6, 6.07) is 0. The lowest BCUT2D eigenvalue weighted by Gasteiger charge is -1.84. The number of carbonyl (C=O) groups excluding carboxylic acids is 1. The third kappa shape index (κ3) is 7.34. The van der Waals surface area contributed by atoms with E-state index in [4.69, 9.17) is 0 Å². The predicted octanol–water partition coefficient (Wildman–Crippen LogP) is 0.372. The number of rotatable bonds is 3. The van der Waals surface area contributed by atoms with Gasteiger partial charge in [0.1, 0.15) is 0 Å². The minimum absolute atomic E-state index is 0.238. The highest BCUT2D eigenvalue weighted by atomic mass is 28.2. The Morgan fingerprint density at radius 1 is 1.78 bits per heavy atom. The molecular weight excluding hydrogens is 130 g/mol. The van der Waals surface area contributed by atoms with Crippen molar-refractivity contribution in [3.8, 4) is 0 Å². The number of nitrogens with zero attached hydrogens (tertiary/aromatic N) is 1. The van der Waals surface area contributed by atoms with E-state index in [2.05, 4.69) is 24.5 Å². The maximum Gasteiger partial charge on any atom is 0.234 e. The summed E-state index contributed by atoms with van der Waals surface area (Å²) in [6.07, 6.45) is 2.22. The van der Waals surface area contributed by atoms with Gasteiger partial charge in [0.25, 0.3) is 0 Å². The average Bonchev–Trinajstić information content (AvgIpc) is 1.80. The topological polar surface area (TPSA) is 29.4 Å². The summed E-state index contributed by atoms with van der Waals surface area (Å²) in [4.78, 5) is 13.0. The molecule has 0 spiro atoms. The molecule has 0 radical (unpaired) electrons. The standard InChI is InChI=1S/C6H11NOSi/c1-6(2)3-9-5-7-4-8/h3H,5,9H2,1-2H3. The van der Waals surface area contributed by atoms with Gasteiger partial charge in [-0.05, 0) is 13.8 Å². The fourth-order valence-electron chi connectivity index (χ4n) is 0.463. The highest BCUT2D eigenvalue weighted by Crippen LogP contribution is 1.84. The summed E-state index contributed by atoms with van der Waals surface area (Å²) < 4.78 is 0. The van der Waals surface area contributed by atoms with E-state index < -0.39 is 0 Å². The van der Waals surface area contributed by atoms with Gasteiger partial charge in [-0.1, -0.05) is 5.57 Å². The second-order valence-corrected chi connectivity index (χ2v) is 3.48. The van der Waals surface area contributed by atoms with Crippen LogP contribution in [0.5, 0.6) is 0 Å². The van der Waals surface area contributed by atoms with Crippen LogP contribution in [0.25, 0.3) is 0 Å². The van der Waals surface area contributed by atoms with Gasteiger partial charge in [0.2, 0.25) is 6.08 Å². The average molecular weight is 141 g/mol. The van der Waals surface area contributed by atoms with Crippen LogP contribution in [0, 0.1) is 0 Å². The first-order valence-corrected chi connectivity index (χ1v) is 4.76. The van der Waals surface area contributed by atoms with Crippen LogP contribution >= 0.6 is 0 Å². The van der Waals surface area contributed by atoms with Gasteiger partial charge in [0.05, 0.1) is 9.52 Å². The second kappa shape index (κ2) is 5.47. The number of aliphatic imine (C=N–C) groups is 1. The minimum Gasteiger partial charge on any atom is -0.211 e. The van der Waals surface area contributed by atoms with Crippen molar-refractivity contribution in [2.45, 2.75) is 13.8 Å². The second-order valence-electron chi connectivity index (χ2n) is 2.04. The van der Waals surface area contributed by atoms with Gasteiger partial charge in [-0.2, -0.15) is 0 Å². The van der Waals surface area contributed by atoms with Gasteiger partial charge >= 0.3 is 0 Å². The Kier molecular flexibility index (Phi) is 5.07. The van der Waals surface area contributed by atoms with Crippen molar-refractivity contribution >= 4 is 15.6 Å². The molecule has 0 amide bonds. The van der Waals surface area contributed by atoms with Crippen LogP contribution in [0.3, 0.4) is 0 Å². The molecule has 0 N–H and O–H groups in total. The number of hydrogen-bond acceptors (Lipinski definition) is 2. The fraction of sp³-hybridized carbons (Fsp3) is 0.500. The van der Waals surface area contributed by atoms with Crippen LogP contribution in [0.4, 0.5) is 0 Å². The molecule has 0 bridgehead atoms. The first kappa shape index (κ1) is 8.34. The van der Waals surface area contributed by atoms with Crippen molar-refractivity contribution in [1.82, 2.24) is 0 Å². The molecule has 3 heteroatoms. The van der Waals surface area contributed by atoms with Crippen molar-refractivity contribution in [2.24, 2.45) is 4.99 Å². The molecule has 0 aliphatic heterocycles. The molecule has 0 aliphatic carbocycles. The summed E-state index contributed by atoms with van der Waals surface area (Å²) in [5.74, 6) is 0. The Morgan fingerprint density at radius 2 is 2.44 bits per heavy atom. The van der Waals surface area contributed by atoms with Crippen LogP contribution in [0.15, 0.2) is 16.3 Å². The van der Waals surface area contributed by atoms with Crippen LogP contribution in [-0.4, -0.2) is 21.8 Å². The highest BCUT2D eigenvalue weighted by molar-refractivity contribution is 6.42. The molecule has 0 fully saturated rings. The van der Waals surface area contributed by atoms with E-state index in [9.17, 15) is 4.79 Å². The predicted molar refractivity (Wildman–Crippen MR) is 41.0 cm³/mol. The minimum atomic E-state index is -0.238. The SMILES string of the molecule is CC(C)=C[SiH2]CN=C=O. The molecule has 0 atom stereocenters. The van der Waals surface area contributed by atoms with E-state index in [1.54, 1.807) is 0 Å². The van der Waals surface area contributed by atoms with Crippen molar-refractivity contribution in [3.63, 3.8) is 0 Å². The summed E-state index contributed by atoms with van der Waals surface area (Å²) in [6.45, 7) is 4.11. The van der Waals surface area contributed by atoms with Crippen LogP contribution in [0.2, 0.25) is 0 Å². The van der Waals surface area contributed by atoms with E-state index in [0.717, 1.165) is 0 Å². The number of allylic oxidation sites excluding steroid dienone is 1. The lowest BCUT2D eigenvalue weighted by molar-refractivity contribution is 0.564. The zero-order valence-corrected chi connectivity index (χ0v) is 7.26. The first-order chi connectivity index (χ1) is 4.27. The van der Waals surface area contributed by atoms with E-state index in [-0.39, 0.29) is 9.52 Å². The lowest BCUT2D eigenvalue weighted by Crippen LogP contribution is -1.90. The first-order valence-electron chi connectivity index (χ1n) is 2.94. The lowest BCUT2D eigenvalue weighted by atomic mass is 10.4. The molecule has 0 aromatic carbocycles. The van der Waals surface area contributed by atoms with Crippen LogP contribution in [0.1, 0.15) is 13.8 Å². The fourth-order valence-corrected chi connectivity index (χ4v) is 1.39. The maximum absolute atomic E-state index is 9.56. The highest BCUT2D eigenvalue weighted by Gasteiger charge is 1.78. The smallest absolute Gasteiger partial charge is 0.211 e.